The van der Waals surface area contributed by atoms with Gasteiger partial charge in [-0.2, -0.15) is 0 Å². The van der Waals surface area contributed by atoms with Crippen LogP contribution in [0.2, 0.25) is 0 Å². The average molecular weight is 568 g/mol. The molecule has 0 radical (unpaired) electrons. The Labute approximate surface area is 243 Å². The van der Waals surface area contributed by atoms with Gasteiger partial charge in [-0.3, -0.25) is 14.4 Å². The molecule has 0 saturated carbocycles. The molecule has 3 amide bonds. The molecule has 8 heteroatoms. The van der Waals surface area contributed by atoms with Crippen molar-refractivity contribution < 1.29 is 19.5 Å². The third kappa shape index (κ3) is 5.02. The highest BCUT2D eigenvalue weighted by Crippen LogP contribution is 2.72. The third-order valence-corrected chi connectivity index (χ3v) is 11.0. The first-order valence-electron chi connectivity index (χ1n) is 14.7. The number of nitrogens with zero attached hydrogens (tertiary/aromatic N) is 3. The summed E-state index contributed by atoms with van der Waals surface area (Å²) in [6.07, 6.45) is 7.49. The number of unbranched alkanes of at least 4 members (excludes halogenated alkanes) is 1. The average Bonchev–Trinajstić information content (AvgIpc) is 3.52. The zero-order chi connectivity index (χ0) is 29.1. The van der Waals surface area contributed by atoms with E-state index in [4.69, 9.17) is 0 Å². The lowest BCUT2D eigenvalue weighted by molar-refractivity contribution is -0.147. The van der Waals surface area contributed by atoms with Gasteiger partial charge in [-0.05, 0) is 38.2 Å². The predicted octanol–water partition coefficient (Wildman–Crippen LogP) is 4.44. The molecule has 3 heterocycles. The van der Waals surface area contributed by atoms with E-state index in [1.54, 1.807) is 28.8 Å². The maximum Gasteiger partial charge on any atom is 0.247 e. The van der Waals surface area contributed by atoms with Gasteiger partial charge in [0.15, 0.2) is 0 Å². The van der Waals surface area contributed by atoms with Crippen molar-refractivity contribution in [3.63, 3.8) is 0 Å². The Morgan fingerprint density at radius 1 is 1.07 bits per heavy atom. The number of carbonyl (C=O) groups excluding carboxylic acids is 3. The van der Waals surface area contributed by atoms with Crippen molar-refractivity contribution in [3.05, 3.63) is 61.2 Å². The van der Waals surface area contributed by atoms with Gasteiger partial charge in [-0.25, -0.2) is 0 Å². The molecule has 3 aliphatic rings. The van der Waals surface area contributed by atoms with Crippen LogP contribution in [0.1, 0.15) is 64.5 Å². The summed E-state index contributed by atoms with van der Waals surface area (Å²) < 4.78 is -1.17. The Bertz CT molecular complexity index is 1110. The predicted molar refractivity (Wildman–Crippen MR) is 161 cm³/mol. The van der Waals surface area contributed by atoms with Crippen LogP contribution in [0.5, 0.6) is 0 Å². The standard InChI is InChI=1S/C32H45N3O4S/c1-6-10-21-34(20-9-4)30(39)27-32-17-16-31(5,40-32)25(28(37)33(18-7-2)19-8-3)26(32)29(38)35(27)24(22-36)23-14-12-11-13-15-23/h7,9,11-15,24-27,36H,2,4,6,8,10,16-22H2,1,3,5H3/t24-,25-,26+,27?,31+,32?/m1/s1. The van der Waals surface area contributed by atoms with Crippen molar-refractivity contribution in [2.45, 2.75) is 74.5 Å². The van der Waals surface area contributed by atoms with Crippen LogP contribution in [0.3, 0.4) is 0 Å². The molecular weight excluding hydrogens is 522 g/mol. The highest BCUT2D eigenvalue weighted by atomic mass is 32.2. The van der Waals surface area contributed by atoms with Gasteiger partial charge in [0, 0.05) is 30.9 Å². The first kappa shape index (κ1) is 30.4. The Morgan fingerprint density at radius 3 is 2.30 bits per heavy atom. The highest BCUT2D eigenvalue weighted by molar-refractivity contribution is 8.02. The molecule has 0 aromatic heterocycles. The van der Waals surface area contributed by atoms with Crippen molar-refractivity contribution in [3.8, 4) is 0 Å². The largest absolute Gasteiger partial charge is 0.394 e. The van der Waals surface area contributed by atoms with Crippen molar-refractivity contribution in [1.29, 1.82) is 0 Å². The van der Waals surface area contributed by atoms with Gasteiger partial charge in [0.25, 0.3) is 0 Å². The lowest BCUT2D eigenvalue weighted by atomic mass is 9.66. The number of rotatable bonds is 14. The molecule has 3 saturated heterocycles. The van der Waals surface area contributed by atoms with Gasteiger partial charge >= 0.3 is 0 Å². The number of hydrogen-bond donors (Lipinski definition) is 1. The van der Waals surface area contributed by atoms with Crippen LogP contribution in [-0.4, -0.2) is 85.8 Å². The third-order valence-electron chi connectivity index (χ3n) is 9.00. The molecule has 6 atom stereocenters. The summed E-state index contributed by atoms with van der Waals surface area (Å²) in [6.45, 7) is 15.6. The van der Waals surface area contributed by atoms with Crippen molar-refractivity contribution >= 4 is 29.5 Å². The quantitative estimate of drug-likeness (QED) is 0.336. The van der Waals surface area contributed by atoms with E-state index in [1.165, 1.54) is 0 Å². The number of aliphatic hydroxyl groups is 1. The number of fused-ring (bicyclic) bond motifs is 1. The van der Waals surface area contributed by atoms with Gasteiger partial charge in [0.2, 0.25) is 17.7 Å². The van der Waals surface area contributed by atoms with Gasteiger partial charge in [0.05, 0.1) is 29.2 Å². The number of likely N-dealkylation sites (tertiary alicyclic amines) is 1. The number of thioether (sulfide) groups is 1. The molecule has 2 unspecified atom stereocenters. The van der Waals surface area contributed by atoms with E-state index in [-0.39, 0.29) is 24.3 Å². The summed E-state index contributed by atoms with van der Waals surface area (Å²) in [4.78, 5) is 48.7. The molecular formula is C32H45N3O4S. The molecule has 1 aromatic carbocycles. The first-order chi connectivity index (χ1) is 19.2. The molecule has 4 rings (SSSR count). The van der Waals surface area contributed by atoms with Gasteiger partial charge in [-0.15, -0.1) is 24.9 Å². The Kier molecular flexibility index (Phi) is 9.51. The molecule has 218 valence electrons. The minimum Gasteiger partial charge on any atom is -0.394 e. The maximum absolute atomic E-state index is 14.7. The number of hydrogen-bond acceptors (Lipinski definition) is 5. The van der Waals surface area contributed by atoms with Gasteiger partial charge in [-0.1, -0.05) is 62.8 Å². The fourth-order valence-electron chi connectivity index (χ4n) is 7.27. The number of carbonyl (C=O) groups is 3. The van der Waals surface area contributed by atoms with Crippen LogP contribution >= 0.6 is 11.8 Å². The van der Waals surface area contributed by atoms with Gasteiger partial charge < -0.3 is 19.8 Å². The summed E-state index contributed by atoms with van der Waals surface area (Å²) in [6, 6.07) is 7.98. The first-order valence-corrected chi connectivity index (χ1v) is 15.5. The summed E-state index contributed by atoms with van der Waals surface area (Å²) in [5, 5.41) is 10.7. The molecule has 1 spiro atoms. The van der Waals surface area contributed by atoms with Crippen LogP contribution in [0.4, 0.5) is 0 Å². The molecule has 3 aliphatic heterocycles. The molecule has 1 aromatic rings. The van der Waals surface area contributed by atoms with E-state index >= 15 is 0 Å². The van der Waals surface area contributed by atoms with E-state index in [0.29, 0.717) is 32.6 Å². The summed E-state index contributed by atoms with van der Waals surface area (Å²) in [5.41, 5.74) is 0.782. The molecule has 1 N–H and O–H groups in total. The minimum absolute atomic E-state index is 0.0288. The van der Waals surface area contributed by atoms with E-state index in [1.807, 2.05) is 47.1 Å². The summed E-state index contributed by atoms with van der Waals surface area (Å²) in [5.74, 6) is -1.50. The minimum atomic E-state index is -0.775. The van der Waals surface area contributed by atoms with Crippen LogP contribution in [0.25, 0.3) is 0 Å². The molecule has 40 heavy (non-hydrogen) atoms. The number of benzene rings is 1. The molecule has 0 aliphatic carbocycles. The zero-order valence-electron chi connectivity index (χ0n) is 24.3. The van der Waals surface area contributed by atoms with E-state index in [0.717, 1.165) is 31.2 Å². The lowest BCUT2D eigenvalue weighted by Gasteiger charge is -2.39. The Morgan fingerprint density at radius 2 is 1.73 bits per heavy atom. The second-order valence-electron chi connectivity index (χ2n) is 11.6. The van der Waals surface area contributed by atoms with Crippen LogP contribution in [0, 0.1) is 11.8 Å². The van der Waals surface area contributed by atoms with Gasteiger partial charge in [0.1, 0.15) is 6.04 Å². The fourth-order valence-corrected chi connectivity index (χ4v) is 9.60. The van der Waals surface area contributed by atoms with Crippen LogP contribution < -0.4 is 0 Å². The van der Waals surface area contributed by atoms with Crippen molar-refractivity contribution in [2.75, 3.05) is 32.8 Å². The summed E-state index contributed by atoms with van der Waals surface area (Å²) >= 11 is 1.68. The van der Waals surface area contributed by atoms with E-state index < -0.39 is 33.4 Å². The lowest BCUT2D eigenvalue weighted by Crippen LogP contribution is -2.56. The topological polar surface area (TPSA) is 81.2 Å². The second-order valence-corrected chi connectivity index (χ2v) is 13.5. The van der Waals surface area contributed by atoms with Crippen molar-refractivity contribution in [2.24, 2.45) is 11.8 Å². The molecule has 7 nitrogen and oxygen atoms in total. The number of amides is 3. The molecule has 3 fully saturated rings. The van der Waals surface area contributed by atoms with Crippen molar-refractivity contribution in [1.82, 2.24) is 14.7 Å². The SMILES string of the molecule is C=CCN(CCCC)C(=O)C1N([C@H](CO)c2ccccc2)C(=O)[C@@H]2[C@H](C(=O)N(CC=C)CCC)[C@]3(C)CCC12S3. The molecule has 2 bridgehead atoms. The fraction of sp³-hybridized carbons (Fsp3) is 0.594. The van der Waals surface area contributed by atoms with Crippen LogP contribution in [0.15, 0.2) is 55.6 Å². The van der Waals surface area contributed by atoms with E-state index in [2.05, 4.69) is 27.0 Å². The Balaban J connectivity index is 1.85. The Hall–Kier alpha value is -2.58. The second kappa shape index (κ2) is 12.5. The summed E-state index contributed by atoms with van der Waals surface area (Å²) in [7, 11) is 0. The zero-order valence-corrected chi connectivity index (χ0v) is 25.1. The maximum atomic E-state index is 14.7. The van der Waals surface area contributed by atoms with E-state index in [9.17, 15) is 19.5 Å². The normalized spacial score (nSPS) is 29.2. The number of aliphatic hydroxyl groups excluding tert-OH is 1. The highest BCUT2D eigenvalue weighted by Gasteiger charge is 2.78. The smallest absolute Gasteiger partial charge is 0.247 e. The monoisotopic (exact) mass is 567 g/mol. The van der Waals surface area contributed by atoms with Crippen LogP contribution in [-0.2, 0) is 14.4 Å².